The zero-order valence-corrected chi connectivity index (χ0v) is 9.68. The number of thiophene rings is 1. The molecule has 1 saturated heterocycles. The molecule has 1 aliphatic rings. The highest BCUT2D eigenvalue weighted by atomic mass is 32.1. The molecule has 1 unspecified atom stereocenters. The van der Waals surface area contributed by atoms with Crippen LogP contribution in [-0.4, -0.2) is 24.4 Å². The van der Waals surface area contributed by atoms with E-state index in [0.717, 1.165) is 13.0 Å². The molecular weight excluding hydrogens is 224 g/mol. The number of hydrogen-bond acceptors (Lipinski definition) is 4. The molecule has 5 heteroatoms. The first kappa shape index (κ1) is 11.3. The Morgan fingerprint density at radius 1 is 1.50 bits per heavy atom. The molecule has 1 aromatic rings. The van der Waals surface area contributed by atoms with Gasteiger partial charge in [0.2, 0.25) is 11.8 Å². The second kappa shape index (κ2) is 5.23. The number of nitrogens with one attached hydrogen (secondary N) is 2. The zero-order chi connectivity index (χ0) is 11.4. The Kier molecular flexibility index (Phi) is 3.69. The van der Waals surface area contributed by atoms with Gasteiger partial charge in [0.05, 0.1) is 6.04 Å². The lowest BCUT2D eigenvalue weighted by Gasteiger charge is -2.21. The molecule has 0 aliphatic carbocycles. The predicted octanol–water partition coefficient (Wildman–Crippen LogP) is 0.685. The Morgan fingerprint density at radius 2 is 2.38 bits per heavy atom. The summed E-state index contributed by atoms with van der Waals surface area (Å²) in [6.07, 6.45) is 1.97. The van der Waals surface area contributed by atoms with Gasteiger partial charge in [0.25, 0.3) is 0 Å². The van der Waals surface area contributed by atoms with Crippen molar-refractivity contribution in [2.45, 2.75) is 25.3 Å². The van der Waals surface area contributed by atoms with E-state index in [2.05, 4.69) is 16.7 Å². The van der Waals surface area contributed by atoms with Crippen LogP contribution in [0.15, 0.2) is 17.5 Å². The molecule has 0 aromatic carbocycles. The molecule has 1 atom stereocenters. The summed E-state index contributed by atoms with van der Waals surface area (Å²) in [5, 5.41) is 7.55. The molecule has 86 valence electrons. The van der Waals surface area contributed by atoms with Crippen molar-refractivity contribution in [1.82, 2.24) is 10.6 Å². The molecule has 1 aliphatic heterocycles. The molecule has 0 bridgehead atoms. The van der Waals surface area contributed by atoms with E-state index in [0.29, 0.717) is 12.8 Å². The molecule has 2 heterocycles. The summed E-state index contributed by atoms with van der Waals surface area (Å²) < 4.78 is 0. The van der Waals surface area contributed by atoms with Crippen LogP contribution in [0.3, 0.4) is 0 Å². The second-order valence-electron chi connectivity index (χ2n) is 3.79. The van der Waals surface area contributed by atoms with Crippen LogP contribution >= 0.6 is 11.3 Å². The summed E-state index contributed by atoms with van der Waals surface area (Å²) in [6, 6.07) is 3.89. The quantitative estimate of drug-likeness (QED) is 0.759. The highest BCUT2D eigenvalue weighted by molar-refractivity contribution is 7.09. The Bertz CT molecular complexity index is 375. The molecule has 1 fully saturated rings. The molecule has 0 radical (unpaired) electrons. The number of hydrogen-bond donors (Lipinski definition) is 2. The third-order valence-corrected chi connectivity index (χ3v) is 3.52. The van der Waals surface area contributed by atoms with E-state index in [9.17, 15) is 9.59 Å². The number of carbonyl (C=O) groups is 2. The van der Waals surface area contributed by atoms with Crippen molar-refractivity contribution in [2.24, 2.45) is 0 Å². The molecule has 2 amide bonds. The van der Waals surface area contributed by atoms with Crippen molar-refractivity contribution in [1.29, 1.82) is 0 Å². The lowest BCUT2D eigenvalue weighted by Crippen LogP contribution is -2.51. The number of carbonyl (C=O) groups excluding carboxylic acids is 2. The SMILES string of the molecule is O=C1CCC(NCCc2cccs2)C(=O)N1. The first-order valence-corrected chi connectivity index (χ1v) is 6.23. The summed E-state index contributed by atoms with van der Waals surface area (Å²) in [6.45, 7) is 0.771. The van der Waals surface area contributed by atoms with Gasteiger partial charge >= 0.3 is 0 Å². The highest BCUT2D eigenvalue weighted by Crippen LogP contribution is 2.09. The van der Waals surface area contributed by atoms with E-state index in [1.165, 1.54) is 4.88 Å². The lowest BCUT2D eigenvalue weighted by atomic mass is 10.1. The average molecular weight is 238 g/mol. The van der Waals surface area contributed by atoms with Crippen molar-refractivity contribution in [3.8, 4) is 0 Å². The first-order valence-electron chi connectivity index (χ1n) is 5.35. The van der Waals surface area contributed by atoms with Crippen molar-refractivity contribution in [3.63, 3.8) is 0 Å². The first-order chi connectivity index (χ1) is 7.75. The summed E-state index contributed by atoms with van der Waals surface area (Å²) in [5.41, 5.74) is 0. The molecule has 2 N–H and O–H groups in total. The number of imide groups is 1. The smallest absolute Gasteiger partial charge is 0.243 e. The summed E-state index contributed by atoms with van der Waals surface area (Å²) in [5.74, 6) is -0.358. The maximum Gasteiger partial charge on any atom is 0.243 e. The van der Waals surface area contributed by atoms with E-state index in [1.807, 2.05) is 11.4 Å². The lowest BCUT2D eigenvalue weighted by molar-refractivity contribution is -0.134. The predicted molar refractivity (Wildman–Crippen MR) is 62.2 cm³/mol. The fourth-order valence-electron chi connectivity index (χ4n) is 1.71. The van der Waals surface area contributed by atoms with Crippen LogP contribution in [0.25, 0.3) is 0 Å². The van der Waals surface area contributed by atoms with Gasteiger partial charge < -0.3 is 5.32 Å². The fourth-order valence-corrected chi connectivity index (χ4v) is 2.42. The molecule has 16 heavy (non-hydrogen) atoms. The zero-order valence-electron chi connectivity index (χ0n) is 8.86. The number of amides is 2. The third kappa shape index (κ3) is 2.90. The van der Waals surface area contributed by atoms with Gasteiger partial charge in [-0.15, -0.1) is 11.3 Å². The molecule has 2 rings (SSSR count). The van der Waals surface area contributed by atoms with E-state index < -0.39 is 0 Å². The Hall–Kier alpha value is -1.20. The summed E-state index contributed by atoms with van der Waals surface area (Å²) >= 11 is 1.72. The largest absolute Gasteiger partial charge is 0.305 e. The maximum absolute atomic E-state index is 11.4. The van der Waals surface area contributed by atoms with Gasteiger partial charge in [-0.05, 0) is 24.3 Å². The normalized spacial score (nSPS) is 20.9. The van der Waals surface area contributed by atoms with Crippen molar-refractivity contribution >= 4 is 23.2 Å². The van der Waals surface area contributed by atoms with Crippen LogP contribution in [-0.2, 0) is 16.0 Å². The molecule has 1 aromatic heterocycles. The van der Waals surface area contributed by atoms with Crippen LogP contribution in [0.4, 0.5) is 0 Å². The third-order valence-electron chi connectivity index (χ3n) is 2.58. The minimum atomic E-state index is -0.210. The van der Waals surface area contributed by atoms with E-state index >= 15 is 0 Å². The molecular formula is C11H14N2O2S. The van der Waals surface area contributed by atoms with Gasteiger partial charge in [-0.3, -0.25) is 14.9 Å². The van der Waals surface area contributed by atoms with Crippen LogP contribution in [0.2, 0.25) is 0 Å². The van der Waals surface area contributed by atoms with Crippen molar-refractivity contribution in [3.05, 3.63) is 22.4 Å². The number of rotatable bonds is 4. The monoisotopic (exact) mass is 238 g/mol. The summed E-state index contributed by atoms with van der Waals surface area (Å²) in [4.78, 5) is 23.6. The van der Waals surface area contributed by atoms with E-state index in [-0.39, 0.29) is 17.9 Å². The van der Waals surface area contributed by atoms with Gasteiger partial charge in [0.15, 0.2) is 0 Å². The topological polar surface area (TPSA) is 58.2 Å². The van der Waals surface area contributed by atoms with Gasteiger partial charge in [0.1, 0.15) is 0 Å². The van der Waals surface area contributed by atoms with Crippen LogP contribution in [0.1, 0.15) is 17.7 Å². The van der Waals surface area contributed by atoms with Crippen LogP contribution < -0.4 is 10.6 Å². The van der Waals surface area contributed by atoms with Gasteiger partial charge in [-0.1, -0.05) is 6.07 Å². The van der Waals surface area contributed by atoms with Crippen LogP contribution in [0.5, 0.6) is 0 Å². The molecule has 0 saturated carbocycles. The maximum atomic E-state index is 11.4. The second-order valence-corrected chi connectivity index (χ2v) is 4.82. The van der Waals surface area contributed by atoms with E-state index in [4.69, 9.17) is 0 Å². The average Bonchev–Trinajstić information content (AvgIpc) is 2.74. The number of piperidine rings is 1. The van der Waals surface area contributed by atoms with Gasteiger partial charge in [0, 0.05) is 17.8 Å². The summed E-state index contributed by atoms with van der Waals surface area (Å²) in [7, 11) is 0. The standard InChI is InChI=1S/C11H14N2O2S/c14-10-4-3-9(11(15)13-10)12-6-5-8-2-1-7-16-8/h1-2,7,9,12H,3-6H2,(H,13,14,15). The Labute approximate surface area is 98.0 Å². The molecule has 4 nitrogen and oxygen atoms in total. The van der Waals surface area contributed by atoms with Crippen LogP contribution in [0, 0.1) is 0 Å². The fraction of sp³-hybridized carbons (Fsp3) is 0.455. The van der Waals surface area contributed by atoms with E-state index in [1.54, 1.807) is 11.3 Å². The van der Waals surface area contributed by atoms with Crippen molar-refractivity contribution < 1.29 is 9.59 Å². The Balaban J connectivity index is 1.74. The highest BCUT2D eigenvalue weighted by Gasteiger charge is 2.25. The Morgan fingerprint density at radius 3 is 3.06 bits per heavy atom. The van der Waals surface area contributed by atoms with Gasteiger partial charge in [-0.2, -0.15) is 0 Å². The van der Waals surface area contributed by atoms with Crippen molar-refractivity contribution in [2.75, 3.05) is 6.54 Å². The molecule has 0 spiro atoms. The van der Waals surface area contributed by atoms with Gasteiger partial charge in [-0.25, -0.2) is 0 Å². The minimum absolute atomic E-state index is 0.165. The minimum Gasteiger partial charge on any atom is -0.305 e.